The lowest BCUT2D eigenvalue weighted by atomic mass is 10.1. The molecule has 1 aromatic rings. The van der Waals surface area contributed by atoms with Crippen LogP contribution in [-0.2, 0) is 9.53 Å². The molecule has 0 saturated carbocycles. The number of ether oxygens (including phenoxy) is 2. The van der Waals surface area contributed by atoms with E-state index < -0.39 is 0 Å². The van der Waals surface area contributed by atoms with E-state index in [2.05, 4.69) is 6.92 Å². The standard InChI is InChI=1S/C21H32O4/c1-3-4-5-6-7-8-9-10-13-21(23)25-16-11-12-18-14-15-19(22)20(17-18)24-2/h11-12,14-15,17,22H,3-10,13,16H2,1-2H3/b12-11+. The molecule has 0 spiro atoms. The lowest BCUT2D eigenvalue weighted by Crippen LogP contribution is -2.03. The van der Waals surface area contributed by atoms with Gasteiger partial charge in [-0.2, -0.15) is 0 Å². The van der Waals surface area contributed by atoms with E-state index in [0.717, 1.165) is 18.4 Å². The van der Waals surface area contributed by atoms with Gasteiger partial charge in [-0.25, -0.2) is 0 Å². The second kappa shape index (κ2) is 13.3. The Morgan fingerprint density at radius 1 is 1.08 bits per heavy atom. The Labute approximate surface area is 151 Å². The Bertz CT molecular complexity index is 523. The number of carbonyl (C=O) groups is 1. The monoisotopic (exact) mass is 348 g/mol. The molecule has 1 aromatic carbocycles. The maximum absolute atomic E-state index is 11.7. The largest absolute Gasteiger partial charge is 0.504 e. The van der Waals surface area contributed by atoms with Crippen LogP contribution in [0.5, 0.6) is 11.5 Å². The highest BCUT2D eigenvalue weighted by Gasteiger charge is 2.02. The molecule has 0 aliphatic rings. The summed E-state index contributed by atoms with van der Waals surface area (Å²) in [4.78, 5) is 11.7. The van der Waals surface area contributed by atoms with Gasteiger partial charge in [-0.05, 0) is 30.2 Å². The first-order valence-corrected chi connectivity index (χ1v) is 9.36. The van der Waals surface area contributed by atoms with E-state index in [1.807, 2.05) is 6.08 Å². The van der Waals surface area contributed by atoms with E-state index >= 15 is 0 Å². The molecule has 140 valence electrons. The molecule has 4 heteroatoms. The van der Waals surface area contributed by atoms with Crippen LogP contribution >= 0.6 is 0 Å². The molecule has 1 N–H and O–H groups in total. The molecule has 0 unspecified atom stereocenters. The summed E-state index contributed by atoms with van der Waals surface area (Å²) in [6.45, 7) is 2.49. The van der Waals surface area contributed by atoms with E-state index in [-0.39, 0.29) is 18.3 Å². The van der Waals surface area contributed by atoms with E-state index in [1.54, 1.807) is 24.3 Å². The molecule has 0 fully saturated rings. The average Bonchev–Trinajstić information content (AvgIpc) is 2.62. The summed E-state index contributed by atoms with van der Waals surface area (Å²) in [6.07, 6.45) is 13.9. The number of methoxy groups -OCH3 is 1. The van der Waals surface area contributed by atoms with E-state index in [1.165, 1.54) is 45.6 Å². The van der Waals surface area contributed by atoms with Crippen molar-refractivity contribution in [1.29, 1.82) is 0 Å². The number of hydrogen-bond acceptors (Lipinski definition) is 4. The zero-order valence-electron chi connectivity index (χ0n) is 15.6. The zero-order chi connectivity index (χ0) is 18.3. The van der Waals surface area contributed by atoms with Crippen LogP contribution in [0.1, 0.15) is 70.3 Å². The van der Waals surface area contributed by atoms with Crippen LogP contribution in [0, 0.1) is 0 Å². The highest BCUT2D eigenvalue weighted by molar-refractivity contribution is 5.69. The van der Waals surface area contributed by atoms with Crippen LogP contribution < -0.4 is 4.74 Å². The molecule has 0 radical (unpaired) electrons. The smallest absolute Gasteiger partial charge is 0.306 e. The van der Waals surface area contributed by atoms with Crippen molar-refractivity contribution in [2.24, 2.45) is 0 Å². The molecule has 0 bridgehead atoms. The van der Waals surface area contributed by atoms with E-state index in [0.29, 0.717) is 12.2 Å². The van der Waals surface area contributed by atoms with Crippen LogP contribution in [-0.4, -0.2) is 24.8 Å². The number of rotatable bonds is 13. The number of esters is 1. The zero-order valence-corrected chi connectivity index (χ0v) is 15.6. The number of hydrogen-bond donors (Lipinski definition) is 1. The third-order valence-electron chi connectivity index (χ3n) is 4.09. The molecule has 0 atom stereocenters. The molecule has 0 aliphatic heterocycles. The van der Waals surface area contributed by atoms with Crippen molar-refractivity contribution >= 4 is 12.0 Å². The fourth-order valence-corrected chi connectivity index (χ4v) is 2.60. The number of carbonyl (C=O) groups excluding carboxylic acids is 1. The maximum atomic E-state index is 11.7. The first-order valence-electron chi connectivity index (χ1n) is 9.36. The molecule has 0 amide bonds. The van der Waals surface area contributed by atoms with Gasteiger partial charge in [-0.3, -0.25) is 4.79 Å². The number of benzene rings is 1. The summed E-state index contributed by atoms with van der Waals surface area (Å²) in [5.41, 5.74) is 0.883. The van der Waals surface area contributed by atoms with Crippen LogP contribution in [0.15, 0.2) is 24.3 Å². The van der Waals surface area contributed by atoms with Gasteiger partial charge < -0.3 is 14.6 Å². The van der Waals surface area contributed by atoms with Crippen LogP contribution in [0.25, 0.3) is 6.08 Å². The second-order valence-corrected chi connectivity index (χ2v) is 6.24. The fraction of sp³-hybridized carbons (Fsp3) is 0.571. The molecule has 4 nitrogen and oxygen atoms in total. The van der Waals surface area contributed by atoms with Gasteiger partial charge in [-0.1, -0.05) is 64.0 Å². The topological polar surface area (TPSA) is 55.8 Å². The average molecular weight is 348 g/mol. The third kappa shape index (κ3) is 9.80. The molecular formula is C21H32O4. The van der Waals surface area contributed by atoms with Gasteiger partial charge in [0.2, 0.25) is 0 Å². The molecule has 0 aliphatic carbocycles. The first-order chi connectivity index (χ1) is 12.2. The highest BCUT2D eigenvalue weighted by Crippen LogP contribution is 2.26. The minimum Gasteiger partial charge on any atom is -0.504 e. The minimum absolute atomic E-state index is 0.108. The summed E-state index contributed by atoms with van der Waals surface area (Å²) in [6, 6.07) is 5.08. The van der Waals surface area contributed by atoms with Gasteiger partial charge >= 0.3 is 5.97 Å². The lowest BCUT2D eigenvalue weighted by molar-refractivity contribution is -0.142. The van der Waals surface area contributed by atoms with Crippen LogP contribution in [0.2, 0.25) is 0 Å². The number of unbranched alkanes of at least 4 members (excludes halogenated alkanes) is 7. The second-order valence-electron chi connectivity index (χ2n) is 6.24. The highest BCUT2D eigenvalue weighted by atomic mass is 16.5. The van der Waals surface area contributed by atoms with Crippen molar-refractivity contribution in [3.8, 4) is 11.5 Å². The van der Waals surface area contributed by atoms with Crippen molar-refractivity contribution in [2.45, 2.75) is 64.7 Å². The Hall–Kier alpha value is -1.97. The van der Waals surface area contributed by atoms with Crippen molar-refractivity contribution in [3.05, 3.63) is 29.8 Å². The van der Waals surface area contributed by atoms with E-state index in [9.17, 15) is 9.90 Å². The maximum Gasteiger partial charge on any atom is 0.306 e. The molecule has 25 heavy (non-hydrogen) atoms. The van der Waals surface area contributed by atoms with E-state index in [4.69, 9.17) is 9.47 Å². The summed E-state index contributed by atoms with van der Waals surface area (Å²) in [5.74, 6) is 0.393. The Morgan fingerprint density at radius 3 is 2.44 bits per heavy atom. The molecule has 0 saturated heterocycles. The Kier molecular flexibility index (Phi) is 11.2. The predicted molar refractivity (Wildman–Crippen MR) is 102 cm³/mol. The van der Waals surface area contributed by atoms with Crippen LogP contribution in [0.3, 0.4) is 0 Å². The number of aromatic hydroxyl groups is 1. The number of phenolic OH excluding ortho intramolecular Hbond substituents is 1. The Morgan fingerprint density at radius 2 is 1.76 bits per heavy atom. The molecule has 0 aromatic heterocycles. The first kappa shape index (κ1) is 21.1. The van der Waals surface area contributed by atoms with Crippen molar-refractivity contribution in [3.63, 3.8) is 0 Å². The van der Waals surface area contributed by atoms with Gasteiger partial charge in [0, 0.05) is 6.42 Å². The third-order valence-corrected chi connectivity index (χ3v) is 4.09. The fourth-order valence-electron chi connectivity index (χ4n) is 2.60. The molecule has 1 rings (SSSR count). The normalized spacial score (nSPS) is 11.0. The Balaban J connectivity index is 2.10. The predicted octanol–water partition coefficient (Wildman–Crippen LogP) is 5.49. The minimum atomic E-state index is -0.140. The summed E-state index contributed by atoms with van der Waals surface area (Å²) < 4.78 is 10.2. The van der Waals surface area contributed by atoms with Crippen LogP contribution in [0.4, 0.5) is 0 Å². The van der Waals surface area contributed by atoms with Gasteiger partial charge in [0.1, 0.15) is 6.61 Å². The van der Waals surface area contributed by atoms with Gasteiger partial charge in [-0.15, -0.1) is 0 Å². The SMILES string of the molecule is CCCCCCCCCCC(=O)OC/C=C/c1ccc(O)c(OC)c1. The van der Waals surface area contributed by atoms with Gasteiger partial charge in [0.25, 0.3) is 0 Å². The summed E-state index contributed by atoms with van der Waals surface area (Å²) in [5, 5.41) is 9.54. The van der Waals surface area contributed by atoms with Gasteiger partial charge in [0.15, 0.2) is 11.5 Å². The molecular weight excluding hydrogens is 316 g/mol. The molecule has 0 heterocycles. The van der Waals surface area contributed by atoms with Gasteiger partial charge in [0.05, 0.1) is 7.11 Å². The summed E-state index contributed by atoms with van der Waals surface area (Å²) >= 11 is 0. The van der Waals surface area contributed by atoms with Crippen molar-refractivity contribution in [2.75, 3.05) is 13.7 Å². The summed E-state index contributed by atoms with van der Waals surface area (Å²) in [7, 11) is 1.51. The van der Waals surface area contributed by atoms with Crippen molar-refractivity contribution < 1.29 is 19.4 Å². The quantitative estimate of drug-likeness (QED) is 0.378. The lowest BCUT2D eigenvalue weighted by Gasteiger charge is -2.04. The number of phenols is 1. The van der Waals surface area contributed by atoms with Crippen molar-refractivity contribution in [1.82, 2.24) is 0 Å².